The number of pyridine rings is 1. The first-order valence-corrected chi connectivity index (χ1v) is 8.30. The van der Waals surface area contributed by atoms with Gasteiger partial charge >= 0.3 is 5.91 Å². The summed E-state index contributed by atoms with van der Waals surface area (Å²) in [6.07, 6.45) is 2.54. The van der Waals surface area contributed by atoms with Crippen molar-refractivity contribution in [1.82, 2.24) is 5.43 Å². The number of nitrogens with two attached hydrogens (primary N) is 1. The summed E-state index contributed by atoms with van der Waals surface area (Å²) in [5.74, 6) is 2.01. The first-order chi connectivity index (χ1) is 11.4. The van der Waals surface area contributed by atoms with Crippen LogP contribution in [0.2, 0.25) is 15.2 Å². The number of carbonyl (C=O) groups excluding carboxylic acids is 1. The van der Waals surface area contributed by atoms with Crippen LogP contribution >= 0.6 is 34.8 Å². The van der Waals surface area contributed by atoms with E-state index >= 15 is 0 Å². The van der Waals surface area contributed by atoms with E-state index in [2.05, 4.69) is 22.4 Å². The molecular formula is C15H14Cl3N4O2+. The fourth-order valence-electron chi connectivity index (χ4n) is 2.29. The van der Waals surface area contributed by atoms with E-state index in [1.807, 2.05) is 6.07 Å². The third-order valence-corrected chi connectivity index (χ3v) is 4.99. The molecular weight excluding hydrogens is 375 g/mol. The molecule has 24 heavy (non-hydrogen) atoms. The molecule has 6 nitrogen and oxygen atoms in total. The van der Waals surface area contributed by atoms with Crippen molar-refractivity contribution in [3.63, 3.8) is 0 Å². The lowest BCUT2D eigenvalue weighted by Gasteiger charge is -2.02. The van der Waals surface area contributed by atoms with Gasteiger partial charge in [-0.05, 0) is 36.1 Å². The van der Waals surface area contributed by atoms with Crippen molar-refractivity contribution in [2.75, 3.05) is 5.73 Å². The molecule has 1 fully saturated rings. The lowest BCUT2D eigenvalue weighted by atomic mass is 10.3. The van der Waals surface area contributed by atoms with Crippen LogP contribution in [0.1, 0.15) is 41.3 Å². The highest BCUT2D eigenvalue weighted by atomic mass is 35.5. The number of nitrogens with one attached hydrogen (secondary N) is 2. The lowest BCUT2D eigenvalue weighted by molar-refractivity contribution is -0.379. The molecule has 1 saturated carbocycles. The fraction of sp³-hybridized carbons (Fsp3) is 0.267. The molecule has 2 aromatic heterocycles. The minimum atomic E-state index is -0.607. The van der Waals surface area contributed by atoms with Gasteiger partial charge in [0, 0.05) is 5.92 Å². The molecule has 2 atom stereocenters. The highest BCUT2D eigenvalue weighted by Gasteiger charge is 2.36. The summed E-state index contributed by atoms with van der Waals surface area (Å²) in [6, 6.07) is 3.72. The second-order valence-corrected chi connectivity index (χ2v) is 6.75. The molecule has 2 heterocycles. The molecule has 0 radical (unpaired) electrons. The minimum absolute atomic E-state index is 0.0157. The Kier molecular flexibility index (Phi) is 4.71. The molecule has 3 rings (SSSR count). The Morgan fingerprint density at radius 3 is 2.79 bits per heavy atom. The highest BCUT2D eigenvalue weighted by molar-refractivity contribution is 6.45. The molecule has 0 aliphatic heterocycles. The quantitative estimate of drug-likeness (QED) is 0.476. The minimum Gasteiger partial charge on any atom is -0.460 e. The number of aromatic nitrogens is 1. The van der Waals surface area contributed by atoms with E-state index in [9.17, 15) is 4.79 Å². The Bertz CT molecular complexity index is 834. The number of furan rings is 1. The Labute approximate surface area is 153 Å². The van der Waals surface area contributed by atoms with Crippen LogP contribution in [0.25, 0.3) is 0 Å². The molecule has 4 N–H and O–H groups in total. The van der Waals surface area contributed by atoms with Crippen LogP contribution in [-0.4, -0.2) is 12.1 Å². The summed E-state index contributed by atoms with van der Waals surface area (Å²) in [5, 5.41) is 3.88. The largest absolute Gasteiger partial charge is 0.460 e. The maximum absolute atomic E-state index is 12.1. The zero-order chi connectivity index (χ0) is 17.4. The number of halogens is 3. The Hall–Kier alpha value is -1.76. The van der Waals surface area contributed by atoms with Crippen molar-refractivity contribution >= 4 is 52.6 Å². The zero-order valence-electron chi connectivity index (χ0n) is 12.6. The molecule has 2 aromatic rings. The topological polar surface area (TPSA) is 94.8 Å². The molecule has 0 saturated heterocycles. The molecule has 126 valence electrons. The third-order valence-electron chi connectivity index (χ3n) is 3.83. The van der Waals surface area contributed by atoms with Crippen molar-refractivity contribution in [3.8, 4) is 0 Å². The van der Waals surface area contributed by atoms with Gasteiger partial charge in [-0.25, -0.2) is 5.43 Å². The summed E-state index contributed by atoms with van der Waals surface area (Å²) >= 11 is 17.7. The van der Waals surface area contributed by atoms with Crippen LogP contribution in [0.3, 0.4) is 0 Å². The number of aromatic amines is 1. The summed E-state index contributed by atoms with van der Waals surface area (Å²) in [6.45, 7) is 2.17. The number of hydrogen-bond acceptors (Lipinski definition) is 4. The van der Waals surface area contributed by atoms with E-state index in [1.54, 1.807) is 6.07 Å². The van der Waals surface area contributed by atoms with Gasteiger partial charge in [0.15, 0.2) is 0 Å². The third kappa shape index (κ3) is 3.36. The average molecular weight is 389 g/mol. The summed E-state index contributed by atoms with van der Waals surface area (Å²) < 4.78 is 5.65. The van der Waals surface area contributed by atoms with Gasteiger partial charge in [0.2, 0.25) is 0 Å². The predicted molar refractivity (Wildman–Crippen MR) is 92.7 cm³/mol. The van der Waals surface area contributed by atoms with E-state index < -0.39 is 5.91 Å². The molecule has 0 unspecified atom stereocenters. The standard InChI is InChI=1S/C15H13Cl3N4O2/c1-6-4-8(6)9-3-2-7(24-9)5-20-22-15(23)13-10(16)12(19)11(17)14(18)21-13/h2-3,5-6,8H,4H2,1H3,(H2,19,21)(H,22,23)/p+1/b20-5+/t6-,8+/m1/s1. The van der Waals surface area contributed by atoms with Gasteiger partial charge in [0.25, 0.3) is 10.8 Å². The average Bonchev–Trinajstić information content (AvgIpc) is 3.09. The number of nitrogen functional groups attached to an aromatic ring is 1. The maximum Gasteiger partial charge on any atom is 0.337 e. The number of hydrazone groups is 1. The van der Waals surface area contributed by atoms with Crippen LogP contribution in [0.4, 0.5) is 5.69 Å². The fourth-order valence-corrected chi connectivity index (χ4v) is 2.91. The van der Waals surface area contributed by atoms with E-state index in [0.29, 0.717) is 17.6 Å². The van der Waals surface area contributed by atoms with Crippen LogP contribution in [0.5, 0.6) is 0 Å². The number of H-pyrrole nitrogens is 1. The smallest absolute Gasteiger partial charge is 0.337 e. The Balaban J connectivity index is 1.68. The van der Waals surface area contributed by atoms with E-state index in [1.165, 1.54) is 6.21 Å². The van der Waals surface area contributed by atoms with Crippen LogP contribution < -0.4 is 16.1 Å². The molecule has 0 spiro atoms. The van der Waals surface area contributed by atoms with Crippen molar-refractivity contribution < 1.29 is 14.2 Å². The van der Waals surface area contributed by atoms with Gasteiger partial charge < -0.3 is 10.2 Å². The molecule has 1 aliphatic rings. The normalized spacial score (nSPS) is 19.7. The number of carbonyl (C=O) groups is 1. The zero-order valence-corrected chi connectivity index (χ0v) is 14.8. The Morgan fingerprint density at radius 1 is 1.42 bits per heavy atom. The number of nitrogens with zero attached hydrogens (tertiary/aromatic N) is 1. The molecule has 1 aliphatic carbocycles. The summed E-state index contributed by atoms with van der Waals surface area (Å²) in [5.41, 5.74) is 7.99. The first-order valence-electron chi connectivity index (χ1n) is 7.17. The maximum atomic E-state index is 12.1. The number of hydrogen-bond donors (Lipinski definition) is 2. The van der Waals surface area contributed by atoms with Crippen molar-refractivity contribution in [2.45, 2.75) is 19.3 Å². The van der Waals surface area contributed by atoms with Crippen molar-refractivity contribution in [1.29, 1.82) is 0 Å². The SMILES string of the molecule is C[C@@H]1C[C@@H]1c1ccc(/C=N/NC(=O)c2[nH+]c(Cl)c(Cl)c(N)c2Cl)o1. The first kappa shape index (κ1) is 17.1. The number of amides is 1. The van der Waals surface area contributed by atoms with Crippen LogP contribution in [0.15, 0.2) is 21.7 Å². The van der Waals surface area contributed by atoms with E-state index in [0.717, 1.165) is 12.2 Å². The van der Waals surface area contributed by atoms with Gasteiger partial charge in [-0.1, -0.05) is 30.1 Å². The molecule has 0 aromatic carbocycles. The van der Waals surface area contributed by atoms with Crippen molar-refractivity contribution in [2.24, 2.45) is 11.0 Å². The number of anilines is 1. The predicted octanol–water partition coefficient (Wildman–Crippen LogP) is 3.52. The van der Waals surface area contributed by atoms with Gasteiger partial charge in [-0.3, -0.25) is 4.79 Å². The van der Waals surface area contributed by atoms with Gasteiger partial charge in [-0.15, -0.1) is 0 Å². The monoisotopic (exact) mass is 387 g/mol. The lowest BCUT2D eigenvalue weighted by Crippen LogP contribution is -2.28. The van der Waals surface area contributed by atoms with Gasteiger partial charge in [-0.2, -0.15) is 10.1 Å². The molecule has 0 bridgehead atoms. The van der Waals surface area contributed by atoms with E-state index in [4.69, 9.17) is 45.0 Å². The second kappa shape index (κ2) is 6.63. The molecule has 1 amide bonds. The van der Waals surface area contributed by atoms with Gasteiger partial charge in [0.1, 0.15) is 21.6 Å². The van der Waals surface area contributed by atoms with Crippen molar-refractivity contribution in [3.05, 3.63) is 44.5 Å². The van der Waals surface area contributed by atoms with Crippen LogP contribution in [0, 0.1) is 5.92 Å². The Morgan fingerprint density at radius 2 is 2.12 bits per heavy atom. The number of rotatable bonds is 4. The van der Waals surface area contributed by atoms with E-state index in [-0.39, 0.29) is 26.6 Å². The second-order valence-electron chi connectivity index (χ2n) is 5.61. The highest BCUT2D eigenvalue weighted by Crippen LogP contribution is 2.47. The summed E-state index contributed by atoms with van der Waals surface area (Å²) in [7, 11) is 0. The van der Waals surface area contributed by atoms with Crippen LogP contribution in [-0.2, 0) is 0 Å². The summed E-state index contributed by atoms with van der Waals surface area (Å²) in [4.78, 5) is 14.7. The van der Waals surface area contributed by atoms with Gasteiger partial charge in [0.05, 0.1) is 11.9 Å². The molecule has 9 heteroatoms.